The highest BCUT2D eigenvalue weighted by atomic mass is 16.7. The van der Waals surface area contributed by atoms with Crippen LogP contribution in [-0.4, -0.2) is 26.0 Å². The van der Waals surface area contributed by atoms with Gasteiger partial charge in [0.1, 0.15) is 11.3 Å². The lowest BCUT2D eigenvalue weighted by Crippen LogP contribution is -2.58. The van der Waals surface area contributed by atoms with E-state index in [0.29, 0.717) is 6.42 Å². The van der Waals surface area contributed by atoms with Crippen molar-refractivity contribution in [1.29, 1.82) is 10.5 Å². The molecule has 0 spiro atoms. The number of amidine groups is 1. The minimum absolute atomic E-state index is 0.113. The fourth-order valence-electron chi connectivity index (χ4n) is 4.10. The summed E-state index contributed by atoms with van der Waals surface area (Å²) in [6, 6.07) is 4.51. The average Bonchev–Trinajstić information content (AvgIpc) is 3.07. The normalized spacial score (nSPS) is 44.5. The number of aliphatic imine (C=N–C) groups is 1. The zero-order valence-corrected chi connectivity index (χ0v) is 10.8. The molecule has 19 heavy (non-hydrogen) atoms. The van der Waals surface area contributed by atoms with E-state index < -0.39 is 16.7 Å². The van der Waals surface area contributed by atoms with Crippen LogP contribution in [0.4, 0.5) is 0 Å². The monoisotopic (exact) mass is 258 g/mol. The molecule has 4 atom stereocenters. The maximum absolute atomic E-state index is 9.84. The fourth-order valence-corrected chi connectivity index (χ4v) is 4.10. The Labute approximate surface area is 111 Å². The molecule has 1 fully saturated rings. The number of nitrogens with two attached hydrogens (primary N) is 1. The van der Waals surface area contributed by atoms with E-state index in [1.54, 1.807) is 0 Å². The van der Waals surface area contributed by atoms with Crippen molar-refractivity contribution in [3.63, 3.8) is 0 Å². The highest BCUT2D eigenvalue weighted by Crippen LogP contribution is 2.71. The Hall–Kier alpha value is -1.89. The van der Waals surface area contributed by atoms with Gasteiger partial charge in [-0.05, 0) is 6.42 Å². The third-order valence-electron chi connectivity index (χ3n) is 4.89. The summed E-state index contributed by atoms with van der Waals surface area (Å²) in [6.45, 7) is 0. The third-order valence-corrected chi connectivity index (χ3v) is 4.89. The molecule has 2 N–H and O–H groups in total. The van der Waals surface area contributed by atoms with Crippen molar-refractivity contribution >= 4 is 5.84 Å². The molecule has 0 radical (unpaired) electrons. The van der Waals surface area contributed by atoms with Crippen LogP contribution in [0.3, 0.4) is 0 Å². The van der Waals surface area contributed by atoms with Gasteiger partial charge in [0.15, 0.2) is 5.41 Å². The summed E-state index contributed by atoms with van der Waals surface area (Å²) in [7, 11) is 2.84. The van der Waals surface area contributed by atoms with Gasteiger partial charge in [-0.1, -0.05) is 12.2 Å². The van der Waals surface area contributed by atoms with E-state index in [1.165, 1.54) is 14.2 Å². The summed E-state index contributed by atoms with van der Waals surface area (Å²) in [5.41, 5.74) is 3.64. The van der Waals surface area contributed by atoms with Crippen LogP contribution >= 0.6 is 0 Å². The van der Waals surface area contributed by atoms with E-state index in [-0.39, 0.29) is 17.7 Å². The Morgan fingerprint density at radius 3 is 2.42 bits per heavy atom. The minimum Gasteiger partial charge on any atom is -0.386 e. The highest BCUT2D eigenvalue weighted by molar-refractivity contribution is 5.95. The summed E-state index contributed by atoms with van der Waals surface area (Å²) in [5, 5.41) is 19.6. The molecule has 6 nitrogen and oxygen atoms in total. The lowest BCUT2D eigenvalue weighted by Gasteiger charge is -2.43. The molecule has 0 aromatic heterocycles. The molecule has 3 rings (SSSR count). The van der Waals surface area contributed by atoms with Crippen LogP contribution in [0, 0.1) is 45.3 Å². The molecule has 0 saturated heterocycles. The van der Waals surface area contributed by atoms with Gasteiger partial charge in [-0.3, -0.25) is 0 Å². The van der Waals surface area contributed by atoms with Crippen molar-refractivity contribution in [2.75, 3.05) is 14.2 Å². The van der Waals surface area contributed by atoms with Gasteiger partial charge in [-0.25, -0.2) is 4.99 Å². The largest absolute Gasteiger partial charge is 0.386 e. The summed E-state index contributed by atoms with van der Waals surface area (Å²) < 4.78 is 10.8. The third kappa shape index (κ3) is 0.888. The van der Waals surface area contributed by atoms with E-state index in [4.69, 9.17) is 15.2 Å². The lowest BCUT2D eigenvalue weighted by atomic mass is 9.58. The first-order valence-electron chi connectivity index (χ1n) is 6.05. The molecule has 3 aliphatic rings. The van der Waals surface area contributed by atoms with Gasteiger partial charge in [-0.15, -0.1) is 0 Å². The van der Waals surface area contributed by atoms with Crippen LogP contribution in [-0.2, 0) is 9.47 Å². The van der Waals surface area contributed by atoms with Crippen LogP contribution in [0.1, 0.15) is 6.42 Å². The Morgan fingerprint density at radius 1 is 1.26 bits per heavy atom. The first-order chi connectivity index (χ1) is 9.08. The van der Waals surface area contributed by atoms with Crippen molar-refractivity contribution < 1.29 is 9.47 Å². The van der Waals surface area contributed by atoms with E-state index in [0.717, 1.165) is 0 Å². The zero-order chi connectivity index (χ0) is 13.9. The Bertz CT molecular complexity index is 580. The Morgan fingerprint density at radius 2 is 1.89 bits per heavy atom. The summed E-state index contributed by atoms with van der Waals surface area (Å²) in [4.78, 5) is 4.23. The fraction of sp³-hybridized carbons (Fsp3) is 0.615. The van der Waals surface area contributed by atoms with Crippen molar-refractivity contribution in [3.8, 4) is 12.1 Å². The van der Waals surface area contributed by atoms with Crippen LogP contribution in [0.5, 0.6) is 0 Å². The SMILES string of the molecule is COC1(OC)N=C(N)C2(C#N)C3C=CC(C3)C12C#N. The molecule has 0 amide bonds. The quantitative estimate of drug-likeness (QED) is 0.574. The van der Waals surface area contributed by atoms with Crippen LogP contribution in [0.2, 0.25) is 0 Å². The van der Waals surface area contributed by atoms with Crippen LogP contribution in [0.15, 0.2) is 17.1 Å². The van der Waals surface area contributed by atoms with E-state index in [2.05, 4.69) is 17.1 Å². The Balaban J connectivity index is 2.36. The van der Waals surface area contributed by atoms with Crippen molar-refractivity contribution in [2.24, 2.45) is 33.4 Å². The molecule has 2 aliphatic carbocycles. The molecule has 4 unspecified atom stereocenters. The lowest BCUT2D eigenvalue weighted by molar-refractivity contribution is -0.264. The van der Waals surface area contributed by atoms with Crippen molar-refractivity contribution in [3.05, 3.63) is 12.2 Å². The molecular weight excluding hydrogens is 244 g/mol. The Kier molecular flexibility index (Phi) is 2.15. The number of nitriles is 2. The van der Waals surface area contributed by atoms with Crippen molar-refractivity contribution in [2.45, 2.75) is 12.3 Å². The van der Waals surface area contributed by atoms with Gasteiger partial charge in [0, 0.05) is 26.1 Å². The molecule has 6 heteroatoms. The van der Waals surface area contributed by atoms with Gasteiger partial charge >= 0.3 is 0 Å². The van der Waals surface area contributed by atoms with Crippen molar-refractivity contribution in [1.82, 2.24) is 0 Å². The number of fused-ring (bicyclic) bond motifs is 5. The first kappa shape index (κ1) is 12.2. The van der Waals surface area contributed by atoms with E-state index >= 15 is 0 Å². The number of hydrogen-bond acceptors (Lipinski definition) is 6. The maximum atomic E-state index is 9.84. The second-order valence-corrected chi connectivity index (χ2v) is 5.16. The number of hydrogen-bond donors (Lipinski definition) is 1. The minimum atomic E-state index is -1.51. The topological polar surface area (TPSA) is 104 Å². The molecule has 1 heterocycles. The van der Waals surface area contributed by atoms with E-state index in [9.17, 15) is 10.5 Å². The first-order valence-corrected chi connectivity index (χ1v) is 6.05. The number of rotatable bonds is 2. The maximum Gasteiger partial charge on any atom is 0.292 e. The van der Waals surface area contributed by atoms with E-state index in [1.807, 2.05) is 12.2 Å². The van der Waals surface area contributed by atoms with Gasteiger partial charge in [0.05, 0.1) is 12.1 Å². The van der Waals surface area contributed by atoms with Crippen LogP contribution in [0.25, 0.3) is 0 Å². The molecule has 1 saturated carbocycles. The molecule has 0 aromatic carbocycles. The molecule has 1 aliphatic heterocycles. The number of ether oxygens (including phenoxy) is 2. The standard InChI is InChI=1S/C13H14N4O2/c1-18-13(19-2)12(7-15)9-4-3-8(5-9)11(12,6-14)10(16)17-13/h3-4,8-9H,5H2,1-2H3,(H2,16,17). The predicted molar refractivity (Wildman–Crippen MR) is 65.2 cm³/mol. The van der Waals surface area contributed by atoms with Gasteiger partial charge in [0.25, 0.3) is 5.91 Å². The number of allylic oxidation sites excluding steroid dienone is 2. The number of nitrogens with zero attached hydrogens (tertiary/aromatic N) is 3. The average molecular weight is 258 g/mol. The summed E-state index contributed by atoms with van der Waals surface area (Å²) in [6.07, 6.45) is 4.60. The smallest absolute Gasteiger partial charge is 0.292 e. The van der Waals surface area contributed by atoms with Crippen LogP contribution < -0.4 is 5.73 Å². The van der Waals surface area contributed by atoms with Gasteiger partial charge in [-0.2, -0.15) is 10.5 Å². The molecule has 98 valence electrons. The second kappa shape index (κ2) is 3.36. The molecule has 0 aromatic rings. The highest BCUT2D eigenvalue weighted by Gasteiger charge is 2.82. The zero-order valence-electron chi connectivity index (χ0n) is 10.8. The second-order valence-electron chi connectivity index (χ2n) is 5.16. The molecule has 2 bridgehead atoms. The predicted octanol–water partition coefficient (Wildman–Crippen LogP) is 0.530. The molecular formula is C13H14N4O2. The summed E-state index contributed by atoms with van der Waals surface area (Å²) in [5.74, 6) is -1.63. The number of methoxy groups -OCH3 is 2. The van der Waals surface area contributed by atoms with Gasteiger partial charge < -0.3 is 15.2 Å². The van der Waals surface area contributed by atoms with Gasteiger partial charge in [0.2, 0.25) is 0 Å². The summed E-state index contributed by atoms with van der Waals surface area (Å²) >= 11 is 0.